The molecule has 0 saturated carbocycles. The van der Waals surface area contributed by atoms with Crippen molar-refractivity contribution in [2.75, 3.05) is 22.9 Å². The van der Waals surface area contributed by atoms with Gasteiger partial charge in [-0.15, -0.1) is 0 Å². The summed E-state index contributed by atoms with van der Waals surface area (Å²) >= 11 is 0. The largest absolute Gasteiger partial charge is 0.443 e. The lowest BCUT2D eigenvalue weighted by Gasteiger charge is -2.31. The summed E-state index contributed by atoms with van der Waals surface area (Å²) in [5, 5.41) is 0. The van der Waals surface area contributed by atoms with Crippen LogP contribution in [-0.4, -0.2) is 59.0 Å². The number of pyridine rings is 2. The highest BCUT2D eigenvalue weighted by Gasteiger charge is 2.30. The number of fused-ring (bicyclic) bond motifs is 2. The maximum Gasteiger partial charge on any atom is 0.416 e. The number of aldehydes is 2. The van der Waals surface area contributed by atoms with Gasteiger partial charge in [0.05, 0.1) is 0 Å². The Labute approximate surface area is 274 Å². The molecule has 10 heteroatoms. The van der Waals surface area contributed by atoms with Crippen molar-refractivity contribution in [2.24, 2.45) is 0 Å². The number of unbranched alkanes of at least 4 members (excludes halogenated alkanes) is 4. The van der Waals surface area contributed by atoms with E-state index < -0.39 is 11.2 Å². The van der Waals surface area contributed by atoms with Gasteiger partial charge >= 0.3 is 12.2 Å². The minimum Gasteiger partial charge on any atom is -0.443 e. The molecular weight excluding hydrogens is 584 g/mol. The minimum absolute atomic E-state index is 0.330. The predicted molar refractivity (Wildman–Crippen MR) is 180 cm³/mol. The third-order valence-electron chi connectivity index (χ3n) is 7.43. The molecule has 0 bridgehead atoms. The van der Waals surface area contributed by atoms with Crippen molar-refractivity contribution < 1.29 is 28.7 Å². The van der Waals surface area contributed by atoms with Gasteiger partial charge in [0.25, 0.3) is 0 Å². The van der Waals surface area contributed by atoms with Crippen molar-refractivity contribution in [1.82, 2.24) is 9.97 Å². The van der Waals surface area contributed by atoms with E-state index in [1.807, 2.05) is 53.7 Å². The predicted octanol–water partition coefficient (Wildman–Crippen LogP) is 7.36. The number of ether oxygens (including phenoxy) is 2. The zero-order chi connectivity index (χ0) is 33.7. The maximum atomic E-state index is 12.4. The van der Waals surface area contributed by atoms with Gasteiger partial charge in [-0.2, -0.15) is 0 Å². The molecule has 0 spiro atoms. The third-order valence-corrected chi connectivity index (χ3v) is 7.43. The van der Waals surface area contributed by atoms with Crippen LogP contribution in [0.3, 0.4) is 0 Å². The fourth-order valence-corrected chi connectivity index (χ4v) is 5.29. The summed E-state index contributed by atoms with van der Waals surface area (Å²) in [6.45, 7) is 12.5. The molecule has 0 aromatic carbocycles. The van der Waals surface area contributed by atoms with Gasteiger partial charge in [0.2, 0.25) is 0 Å². The molecule has 4 rings (SSSR count). The second-order valence-electron chi connectivity index (χ2n) is 13.9. The van der Waals surface area contributed by atoms with Gasteiger partial charge in [-0.05, 0) is 129 Å². The molecule has 0 fully saturated rings. The number of nitrogens with zero attached hydrogens (tertiary/aromatic N) is 4. The maximum absolute atomic E-state index is 12.4. The molecule has 0 radical (unpaired) electrons. The highest BCUT2D eigenvalue weighted by molar-refractivity contribution is 5.88. The van der Waals surface area contributed by atoms with Crippen molar-refractivity contribution in [3.63, 3.8) is 0 Å². The molecule has 2 amide bonds. The average Bonchev–Trinajstić information content (AvgIpc) is 2.99. The molecule has 0 N–H and O–H groups in total. The normalized spacial score (nSPS) is 14.3. The summed E-state index contributed by atoms with van der Waals surface area (Å²) in [6.07, 6.45) is 11.4. The molecule has 4 heterocycles. The van der Waals surface area contributed by atoms with E-state index in [0.29, 0.717) is 25.9 Å². The van der Waals surface area contributed by atoms with E-state index in [9.17, 15) is 19.2 Å². The first-order valence-corrected chi connectivity index (χ1v) is 16.7. The van der Waals surface area contributed by atoms with Gasteiger partial charge in [-0.3, -0.25) is 9.80 Å². The lowest BCUT2D eigenvalue weighted by Crippen LogP contribution is -2.40. The highest BCUT2D eigenvalue weighted by Crippen LogP contribution is 2.29. The number of rotatable bonds is 10. The zero-order valence-electron chi connectivity index (χ0n) is 28.6. The first-order chi connectivity index (χ1) is 21.8. The second kappa shape index (κ2) is 17.2. The Kier molecular flexibility index (Phi) is 13.7. The van der Waals surface area contributed by atoms with Crippen LogP contribution >= 0.6 is 0 Å². The van der Waals surface area contributed by atoms with E-state index in [1.54, 1.807) is 9.80 Å². The number of hydrogen-bond acceptors (Lipinski definition) is 8. The molecular formula is C36H52N4O6. The smallest absolute Gasteiger partial charge is 0.416 e. The molecule has 46 heavy (non-hydrogen) atoms. The summed E-state index contributed by atoms with van der Waals surface area (Å²) in [6, 6.07) is 8.18. The van der Waals surface area contributed by atoms with Crippen LogP contribution in [0.1, 0.15) is 115 Å². The van der Waals surface area contributed by atoms with E-state index in [4.69, 9.17) is 9.47 Å². The van der Waals surface area contributed by atoms with Crippen LogP contribution in [0.2, 0.25) is 0 Å². The molecule has 0 saturated heterocycles. The van der Waals surface area contributed by atoms with Crippen LogP contribution in [0, 0.1) is 0 Å². The molecule has 252 valence electrons. The SMILES string of the molecule is CC(C)(C)OC(=O)N1CCCc2ccc(CCCCC=O)nc21.CC(C)(C)OC(=O)N1CCCc2ccc(CCCCC=O)nc21. The van der Waals surface area contributed by atoms with Gasteiger partial charge in [-0.25, -0.2) is 19.6 Å². The van der Waals surface area contributed by atoms with Crippen molar-refractivity contribution in [2.45, 2.75) is 130 Å². The van der Waals surface area contributed by atoms with E-state index in [2.05, 4.69) is 22.1 Å². The van der Waals surface area contributed by atoms with Crippen molar-refractivity contribution in [3.8, 4) is 0 Å². The standard InChI is InChI=1S/2C18H26N2O3/c2*1-18(2,3)23-17(22)20-12-7-8-14-10-11-15(19-16(14)20)9-5-4-6-13-21/h2*10-11,13H,4-9,12H2,1-3H3. The van der Waals surface area contributed by atoms with Crippen LogP contribution < -0.4 is 9.80 Å². The fraction of sp³-hybridized carbons (Fsp3) is 0.611. The van der Waals surface area contributed by atoms with Gasteiger partial charge < -0.3 is 19.1 Å². The lowest BCUT2D eigenvalue weighted by molar-refractivity contribution is -0.108. The van der Waals surface area contributed by atoms with Crippen molar-refractivity contribution in [3.05, 3.63) is 46.8 Å². The van der Waals surface area contributed by atoms with Gasteiger partial charge in [0.15, 0.2) is 0 Å². The van der Waals surface area contributed by atoms with Crippen molar-refractivity contribution >= 4 is 36.4 Å². The van der Waals surface area contributed by atoms with Crippen LogP contribution in [-0.2, 0) is 44.7 Å². The molecule has 0 aliphatic carbocycles. The Hall–Kier alpha value is -3.82. The first-order valence-electron chi connectivity index (χ1n) is 16.7. The van der Waals surface area contributed by atoms with Crippen molar-refractivity contribution in [1.29, 1.82) is 0 Å². The summed E-state index contributed by atoms with van der Waals surface area (Å²) in [5.74, 6) is 1.47. The monoisotopic (exact) mass is 636 g/mol. The molecule has 2 aliphatic rings. The fourth-order valence-electron chi connectivity index (χ4n) is 5.29. The van der Waals surface area contributed by atoms with E-state index in [0.717, 1.165) is 111 Å². The van der Waals surface area contributed by atoms with Gasteiger partial charge in [-0.1, -0.05) is 12.1 Å². The Morgan fingerprint density at radius 2 is 1.07 bits per heavy atom. The van der Waals surface area contributed by atoms with Crippen LogP contribution in [0.15, 0.2) is 24.3 Å². The topological polar surface area (TPSA) is 119 Å². The zero-order valence-corrected chi connectivity index (χ0v) is 28.6. The molecule has 0 atom stereocenters. The third kappa shape index (κ3) is 11.8. The van der Waals surface area contributed by atoms with Crippen LogP contribution in [0.25, 0.3) is 0 Å². The van der Waals surface area contributed by atoms with Crippen LogP contribution in [0.4, 0.5) is 21.2 Å². The summed E-state index contributed by atoms with van der Waals surface area (Å²) in [4.78, 5) is 58.2. The number of aromatic nitrogens is 2. The number of amides is 2. The molecule has 2 aromatic heterocycles. The lowest BCUT2D eigenvalue weighted by atomic mass is 10.0. The number of aryl methyl sites for hydroxylation is 4. The molecule has 2 aromatic rings. The second-order valence-corrected chi connectivity index (χ2v) is 13.9. The minimum atomic E-state index is -0.513. The Morgan fingerprint density at radius 3 is 1.41 bits per heavy atom. The van der Waals surface area contributed by atoms with E-state index in [-0.39, 0.29) is 12.2 Å². The first kappa shape index (κ1) is 36.6. The molecule has 10 nitrogen and oxygen atoms in total. The number of anilines is 2. The average molecular weight is 637 g/mol. The summed E-state index contributed by atoms with van der Waals surface area (Å²) < 4.78 is 11.0. The Bertz CT molecular complexity index is 1230. The Balaban J connectivity index is 0.000000250. The van der Waals surface area contributed by atoms with Gasteiger partial charge in [0.1, 0.15) is 35.4 Å². The van der Waals surface area contributed by atoms with E-state index in [1.165, 1.54) is 0 Å². The van der Waals surface area contributed by atoms with Crippen LogP contribution in [0.5, 0.6) is 0 Å². The highest BCUT2D eigenvalue weighted by atomic mass is 16.6. The molecule has 0 unspecified atom stereocenters. The number of carbonyl (C=O) groups is 4. The van der Waals surface area contributed by atoms with E-state index >= 15 is 0 Å². The summed E-state index contributed by atoms with van der Waals surface area (Å²) in [7, 11) is 0. The number of carbonyl (C=O) groups excluding carboxylic acids is 4. The molecule has 2 aliphatic heterocycles. The Morgan fingerprint density at radius 1 is 0.674 bits per heavy atom. The quantitative estimate of drug-likeness (QED) is 0.196. The van der Waals surface area contributed by atoms with Gasteiger partial charge in [0, 0.05) is 37.3 Å². The number of hydrogen-bond donors (Lipinski definition) is 0. The summed E-state index contributed by atoms with van der Waals surface area (Å²) in [5.41, 5.74) is 3.09.